The highest BCUT2D eigenvalue weighted by molar-refractivity contribution is 9.10. The number of phenols is 1. The summed E-state index contributed by atoms with van der Waals surface area (Å²) in [6.07, 6.45) is 1.51. The molecule has 2 N–H and O–H groups in total. The van der Waals surface area contributed by atoms with Crippen molar-refractivity contribution in [1.82, 2.24) is 4.98 Å². The summed E-state index contributed by atoms with van der Waals surface area (Å²) in [4.78, 5) is 25.7. The van der Waals surface area contributed by atoms with Gasteiger partial charge >= 0.3 is 5.69 Å². The van der Waals surface area contributed by atoms with Crippen LogP contribution in [-0.2, 0) is 0 Å². The van der Waals surface area contributed by atoms with Gasteiger partial charge in [-0.1, -0.05) is 0 Å². The molecule has 1 aromatic heterocycles. The third-order valence-corrected chi connectivity index (χ3v) is 3.06. The van der Waals surface area contributed by atoms with Crippen molar-refractivity contribution >= 4 is 33.3 Å². The summed E-state index contributed by atoms with van der Waals surface area (Å²) in [7, 11) is 0. The standard InChI is InChI=1S/C12H8BrN3O4/c13-8-2-1-5-14-11(8)15-12(18)7-3-4-9(16(19)20)10(17)6-7/h1-6,17H,(H,14,15,18). The topological polar surface area (TPSA) is 105 Å². The number of hydrogen-bond acceptors (Lipinski definition) is 5. The molecule has 8 heteroatoms. The first kappa shape index (κ1) is 13.9. The summed E-state index contributed by atoms with van der Waals surface area (Å²) < 4.78 is 0.597. The molecule has 7 nitrogen and oxygen atoms in total. The Morgan fingerprint density at radius 2 is 2.15 bits per heavy atom. The van der Waals surface area contributed by atoms with E-state index in [0.717, 1.165) is 12.1 Å². The molecule has 2 rings (SSSR count). The van der Waals surface area contributed by atoms with E-state index in [2.05, 4.69) is 26.2 Å². The number of benzene rings is 1. The van der Waals surface area contributed by atoms with Gasteiger partial charge in [0.15, 0.2) is 5.75 Å². The molecule has 0 radical (unpaired) electrons. The van der Waals surface area contributed by atoms with Gasteiger partial charge < -0.3 is 10.4 Å². The number of amides is 1. The molecule has 20 heavy (non-hydrogen) atoms. The summed E-state index contributed by atoms with van der Waals surface area (Å²) in [6, 6.07) is 6.75. The number of nitro groups is 1. The SMILES string of the molecule is O=C(Nc1ncccc1Br)c1ccc([N+](=O)[O-])c(O)c1. The van der Waals surface area contributed by atoms with Gasteiger partial charge in [-0.3, -0.25) is 14.9 Å². The van der Waals surface area contributed by atoms with E-state index in [-0.39, 0.29) is 5.56 Å². The third kappa shape index (κ3) is 2.91. The Morgan fingerprint density at radius 3 is 2.75 bits per heavy atom. The van der Waals surface area contributed by atoms with Crippen molar-refractivity contribution in [3.8, 4) is 5.75 Å². The molecule has 0 atom stereocenters. The highest BCUT2D eigenvalue weighted by Crippen LogP contribution is 2.27. The third-order valence-electron chi connectivity index (χ3n) is 2.42. The predicted octanol–water partition coefficient (Wildman–Crippen LogP) is 2.71. The van der Waals surface area contributed by atoms with Gasteiger partial charge in [-0.2, -0.15) is 0 Å². The molecule has 0 saturated carbocycles. The van der Waals surface area contributed by atoms with Crippen LogP contribution in [0.3, 0.4) is 0 Å². The maximum absolute atomic E-state index is 11.9. The Kier molecular flexibility index (Phi) is 3.94. The van der Waals surface area contributed by atoms with E-state index in [9.17, 15) is 20.0 Å². The van der Waals surface area contributed by atoms with Gasteiger partial charge in [0.1, 0.15) is 5.82 Å². The molecule has 2 aromatic rings. The van der Waals surface area contributed by atoms with Crippen LogP contribution in [0.15, 0.2) is 41.0 Å². The predicted molar refractivity (Wildman–Crippen MR) is 74.7 cm³/mol. The number of halogens is 1. The second-order valence-electron chi connectivity index (χ2n) is 3.75. The van der Waals surface area contributed by atoms with Crippen LogP contribution >= 0.6 is 15.9 Å². The number of nitro benzene ring substituents is 1. The Balaban J connectivity index is 2.24. The van der Waals surface area contributed by atoms with Gasteiger partial charge in [0.2, 0.25) is 0 Å². The monoisotopic (exact) mass is 337 g/mol. The van der Waals surface area contributed by atoms with E-state index in [1.807, 2.05) is 0 Å². The molecule has 102 valence electrons. The smallest absolute Gasteiger partial charge is 0.310 e. The maximum atomic E-state index is 11.9. The van der Waals surface area contributed by atoms with E-state index in [0.29, 0.717) is 10.3 Å². The molecular weight excluding hydrogens is 330 g/mol. The van der Waals surface area contributed by atoms with Crippen molar-refractivity contribution in [1.29, 1.82) is 0 Å². The van der Waals surface area contributed by atoms with Crippen molar-refractivity contribution in [2.45, 2.75) is 0 Å². The van der Waals surface area contributed by atoms with Crippen molar-refractivity contribution in [2.24, 2.45) is 0 Å². The first-order valence-electron chi connectivity index (χ1n) is 5.38. The molecule has 0 unspecified atom stereocenters. The Bertz CT molecular complexity index is 690. The van der Waals surface area contributed by atoms with Crippen LogP contribution in [0, 0.1) is 10.1 Å². The van der Waals surface area contributed by atoms with Gasteiger partial charge in [0.05, 0.1) is 9.40 Å². The van der Waals surface area contributed by atoms with Crippen LogP contribution < -0.4 is 5.32 Å². The lowest BCUT2D eigenvalue weighted by Crippen LogP contribution is -2.13. The van der Waals surface area contributed by atoms with E-state index in [4.69, 9.17) is 0 Å². The molecule has 0 aliphatic heterocycles. The lowest BCUT2D eigenvalue weighted by Gasteiger charge is -2.06. The second-order valence-corrected chi connectivity index (χ2v) is 4.60. The number of pyridine rings is 1. The van der Waals surface area contributed by atoms with Crippen molar-refractivity contribution in [3.05, 3.63) is 56.7 Å². The zero-order valence-corrected chi connectivity index (χ0v) is 11.5. The number of carbonyl (C=O) groups is 1. The van der Waals surface area contributed by atoms with Gasteiger partial charge in [0.25, 0.3) is 5.91 Å². The average Bonchev–Trinajstić information content (AvgIpc) is 2.40. The minimum absolute atomic E-state index is 0.0886. The number of aromatic hydroxyl groups is 1. The molecule has 0 spiro atoms. The molecule has 1 heterocycles. The van der Waals surface area contributed by atoms with Crippen LogP contribution in [0.1, 0.15) is 10.4 Å². The quantitative estimate of drug-likeness (QED) is 0.661. The number of nitrogens with zero attached hydrogens (tertiary/aromatic N) is 2. The van der Waals surface area contributed by atoms with Crippen molar-refractivity contribution in [2.75, 3.05) is 5.32 Å². The number of hydrogen-bond donors (Lipinski definition) is 2. The van der Waals surface area contributed by atoms with Crippen LogP contribution in [-0.4, -0.2) is 20.9 Å². The summed E-state index contributed by atoms with van der Waals surface area (Å²) in [5.41, 5.74) is -0.369. The summed E-state index contributed by atoms with van der Waals surface area (Å²) in [6.45, 7) is 0. The Morgan fingerprint density at radius 1 is 1.40 bits per heavy atom. The molecular formula is C12H8BrN3O4. The fraction of sp³-hybridized carbons (Fsp3) is 0. The lowest BCUT2D eigenvalue weighted by molar-refractivity contribution is -0.385. The van der Waals surface area contributed by atoms with Crippen LogP contribution in [0.4, 0.5) is 11.5 Å². The Hall–Kier alpha value is -2.48. The Labute approximate surface area is 121 Å². The first-order valence-corrected chi connectivity index (χ1v) is 6.17. The lowest BCUT2D eigenvalue weighted by atomic mass is 10.2. The largest absolute Gasteiger partial charge is 0.502 e. The average molecular weight is 338 g/mol. The van der Waals surface area contributed by atoms with Gasteiger partial charge in [-0.15, -0.1) is 0 Å². The summed E-state index contributed by atoms with van der Waals surface area (Å²) >= 11 is 3.23. The number of rotatable bonds is 3. The molecule has 0 bridgehead atoms. The summed E-state index contributed by atoms with van der Waals surface area (Å²) in [5.74, 6) is -0.785. The van der Waals surface area contributed by atoms with E-state index < -0.39 is 22.3 Å². The van der Waals surface area contributed by atoms with E-state index in [1.165, 1.54) is 12.3 Å². The minimum Gasteiger partial charge on any atom is -0.502 e. The van der Waals surface area contributed by atoms with Crippen LogP contribution in [0.5, 0.6) is 5.75 Å². The zero-order valence-electron chi connectivity index (χ0n) is 9.91. The van der Waals surface area contributed by atoms with Gasteiger partial charge in [-0.25, -0.2) is 4.98 Å². The minimum atomic E-state index is -0.730. The van der Waals surface area contributed by atoms with E-state index in [1.54, 1.807) is 12.1 Å². The number of aromatic nitrogens is 1. The first-order chi connectivity index (χ1) is 9.49. The number of nitrogens with one attached hydrogen (secondary N) is 1. The van der Waals surface area contributed by atoms with E-state index >= 15 is 0 Å². The second kappa shape index (κ2) is 5.66. The fourth-order valence-electron chi connectivity index (χ4n) is 1.48. The van der Waals surface area contributed by atoms with Gasteiger partial charge in [-0.05, 0) is 40.2 Å². The number of carbonyl (C=O) groups excluding carboxylic acids is 1. The van der Waals surface area contributed by atoms with Crippen molar-refractivity contribution < 1.29 is 14.8 Å². The maximum Gasteiger partial charge on any atom is 0.310 e. The number of anilines is 1. The highest BCUT2D eigenvalue weighted by atomic mass is 79.9. The molecule has 0 aliphatic rings. The molecule has 1 aromatic carbocycles. The van der Waals surface area contributed by atoms with Crippen molar-refractivity contribution in [3.63, 3.8) is 0 Å². The summed E-state index contributed by atoms with van der Waals surface area (Å²) in [5, 5.41) is 22.6. The molecule has 0 fully saturated rings. The van der Waals surface area contributed by atoms with Gasteiger partial charge in [0, 0.05) is 17.8 Å². The molecule has 0 saturated heterocycles. The van der Waals surface area contributed by atoms with Crippen LogP contribution in [0.25, 0.3) is 0 Å². The normalized spacial score (nSPS) is 10.1. The highest BCUT2D eigenvalue weighted by Gasteiger charge is 2.16. The molecule has 1 amide bonds. The van der Waals surface area contributed by atoms with Crippen LogP contribution in [0.2, 0.25) is 0 Å². The molecule has 0 aliphatic carbocycles. The zero-order chi connectivity index (χ0) is 14.7. The fourth-order valence-corrected chi connectivity index (χ4v) is 1.83. The number of phenolic OH excluding ortho intramolecular Hbond substituents is 1.